The summed E-state index contributed by atoms with van der Waals surface area (Å²) in [7, 11) is 0. The van der Waals surface area contributed by atoms with E-state index in [1.165, 1.54) is 13.0 Å². The predicted octanol–water partition coefficient (Wildman–Crippen LogP) is 4.86. The van der Waals surface area contributed by atoms with Crippen molar-refractivity contribution < 1.29 is 31.4 Å². The summed E-state index contributed by atoms with van der Waals surface area (Å²) in [5, 5.41) is 9.48. The van der Waals surface area contributed by atoms with Crippen molar-refractivity contribution >= 4 is 0 Å². The Morgan fingerprint density at radius 3 is 1.50 bits per heavy atom. The molecule has 0 aliphatic carbocycles. The van der Waals surface area contributed by atoms with Crippen LogP contribution in [0.3, 0.4) is 0 Å². The van der Waals surface area contributed by atoms with Crippen LogP contribution in [0.4, 0.5) is 26.3 Å². The van der Waals surface area contributed by atoms with E-state index >= 15 is 0 Å². The van der Waals surface area contributed by atoms with Gasteiger partial charge in [0.05, 0.1) is 0 Å². The van der Waals surface area contributed by atoms with Crippen molar-refractivity contribution in [2.75, 3.05) is 0 Å². The zero-order valence-electron chi connectivity index (χ0n) is 11.9. The lowest BCUT2D eigenvalue weighted by Gasteiger charge is -2.47. The lowest BCUT2D eigenvalue weighted by Crippen LogP contribution is -2.66. The Kier molecular flexibility index (Phi) is 5.05. The monoisotopic (exact) mass is 306 g/mol. The molecule has 0 bridgehead atoms. The highest BCUT2D eigenvalue weighted by Gasteiger charge is 2.76. The molecule has 0 aromatic carbocycles. The van der Waals surface area contributed by atoms with Gasteiger partial charge < -0.3 is 5.11 Å². The maximum atomic E-state index is 12.9. The quantitative estimate of drug-likeness (QED) is 0.568. The Morgan fingerprint density at radius 1 is 0.950 bits per heavy atom. The van der Waals surface area contributed by atoms with Crippen LogP contribution < -0.4 is 0 Å². The van der Waals surface area contributed by atoms with Crippen LogP contribution in [0, 0.1) is 10.8 Å². The summed E-state index contributed by atoms with van der Waals surface area (Å²) >= 11 is 0. The second-order valence-corrected chi connectivity index (χ2v) is 5.98. The van der Waals surface area contributed by atoms with Gasteiger partial charge in [0.1, 0.15) is 0 Å². The number of halogens is 6. The highest BCUT2D eigenvalue weighted by atomic mass is 19.4. The van der Waals surface area contributed by atoms with Gasteiger partial charge in [-0.15, -0.1) is 6.58 Å². The van der Waals surface area contributed by atoms with Gasteiger partial charge in [-0.3, -0.25) is 0 Å². The number of aliphatic hydroxyl groups is 1. The number of allylic oxidation sites excluding steroid dienone is 1. The number of hydrogen-bond donors (Lipinski definition) is 1. The van der Waals surface area contributed by atoms with Gasteiger partial charge in [-0.05, 0) is 18.3 Å². The largest absolute Gasteiger partial charge is 0.426 e. The first-order chi connectivity index (χ1) is 8.58. The average molecular weight is 306 g/mol. The van der Waals surface area contributed by atoms with Crippen molar-refractivity contribution in [1.82, 2.24) is 0 Å². The lowest BCUT2D eigenvalue weighted by atomic mass is 9.64. The molecule has 0 saturated carbocycles. The number of hydrogen-bond acceptors (Lipinski definition) is 1. The maximum absolute atomic E-state index is 12.9. The molecule has 0 aliphatic heterocycles. The molecule has 0 aliphatic rings. The van der Waals surface area contributed by atoms with Gasteiger partial charge in [-0.25, -0.2) is 0 Å². The Balaban J connectivity index is 5.90. The van der Waals surface area contributed by atoms with E-state index in [4.69, 9.17) is 0 Å². The molecule has 0 fully saturated rings. The number of alkyl halides is 6. The molecule has 0 aromatic rings. The van der Waals surface area contributed by atoms with E-state index in [9.17, 15) is 31.4 Å². The summed E-state index contributed by atoms with van der Waals surface area (Å²) in [6.07, 6.45) is -10.5. The molecule has 7 heteroatoms. The highest BCUT2D eigenvalue weighted by Crippen LogP contribution is 2.56. The average Bonchev–Trinajstić information content (AvgIpc) is 2.23. The van der Waals surface area contributed by atoms with Gasteiger partial charge in [-0.1, -0.05) is 33.8 Å². The van der Waals surface area contributed by atoms with Crippen molar-refractivity contribution in [2.24, 2.45) is 10.8 Å². The fourth-order valence-electron chi connectivity index (χ4n) is 2.41. The van der Waals surface area contributed by atoms with Crippen LogP contribution in [0.25, 0.3) is 0 Å². The van der Waals surface area contributed by atoms with Gasteiger partial charge in [0, 0.05) is 5.41 Å². The van der Waals surface area contributed by atoms with Crippen molar-refractivity contribution in [3.63, 3.8) is 0 Å². The SMILES string of the molecule is C=CC(C)(CC)CC(C)(C)C(O)(C(F)(F)F)C(F)(F)F. The second-order valence-electron chi connectivity index (χ2n) is 5.98. The maximum Gasteiger partial charge on any atom is 0.426 e. The third-order valence-electron chi connectivity index (χ3n) is 3.95. The molecular weight excluding hydrogens is 286 g/mol. The molecule has 1 atom stereocenters. The highest BCUT2D eigenvalue weighted by molar-refractivity contribution is 5.08. The van der Waals surface area contributed by atoms with Gasteiger partial charge in [0.15, 0.2) is 0 Å². The van der Waals surface area contributed by atoms with Crippen LogP contribution in [-0.2, 0) is 0 Å². The zero-order valence-corrected chi connectivity index (χ0v) is 11.9. The molecule has 120 valence electrons. The molecule has 1 unspecified atom stereocenters. The van der Waals surface area contributed by atoms with Gasteiger partial charge >= 0.3 is 12.4 Å². The standard InChI is InChI=1S/C13H20F6O/c1-6-10(5,7-2)8-9(3,4)11(20,12(14,15)16)13(17,18)19/h6,20H,1,7-8H2,2-5H3. The number of rotatable bonds is 5. The Hall–Kier alpha value is -0.720. The van der Waals surface area contributed by atoms with Crippen molar-refractivity contribution in [3.8, 4) is 0 Å². The second kappa shape index (κ2) is 5.24. The Morgan fingerprint density at radius 2 is 1.30 bits per heavy atom. The van der Waals surface area contributed by atoms with E-state index in [-0.39, 0.29) is 0 Å². The Labute approximate surface area is 114 Å². The van der Waals surface area contributed by atoms with Crippen molar-refractivity contribution in [2.45, 2.75) is 58.5 Å². The molecule has 0 aromatic heterocycles. The first-order valence-corrected chi connectivity index (χ1v) is 6.07. The molecule has 0 radical (unpaired) electrons. The summed E-state index contributed by atoms with van der Waals surface area (Å²) in [6.45, 7) is 8.13. The Bertz CT molecular complexity index is 341. The molecular formula is C13H20F6O. The fraction of sp³-hybridized carbons (Fsp3) is 0.846. The minimum absolute atomic E-state index is 0.311. The van der Waals surface area contributed by atoms with Gasteiger partial charge in [0.25, 0.3) is 5.60 Å². The zero-order chi connectivity index (χ0) is 16.6. The van der Waals surface area contributed by atoms with E-state index in [0.29, 0.717) is 6.42 Å². The molecule has 1 nitrogen and oxygen atoms in total. The van der Waals surface area contributed by atoms with Crippen LogP contribution >= 0.6 is 0 Å². The predicted molar refractivity (Wildman–Crippen MR) is 64.1 cm³/mol. The van der Waals surface area contributed by atoms with Gasteiger partial charge in [0.2, 0.25) is 0 Å². The molecule has 0 heterocycles. The molecule has 20 heavy (non-hydrogen) atoms. The van der Waals surface area contributed by atoms with E-state index in [1.807, 2.05) is 0 Å². The van der Waals surface area contributed by atoms with Crippen LogP contribution in [0.15, 0.2) is 12.7 Å². The van der Waals surface area contributed by atoms with Crippen LogP contribution in [0.1, 0.15) is 40.5 Å². The topological polar surface area (TPSA) is 20.2 Å². The van der Waals surface area contributed by atoms with Crippen LogP contribution in [-0.4, -0.2) is 23.1 Å². The molecule has 0 saturated heterocycles. The molecule has 0 spiro atoms. The molecule has 0 amide bonds. The third kappa shape index (κ3) is 3.13. The van der Waals surface area contributed by atoms with Crippen LogP contribution in [0.5, 0.6) is 0 Å². The van der Waals surface area contributed by atoms with Crippen LogP contribution in [0.2, 0.25) is 0 Å². The third-order valence-corrected chi connectivity index (χ3v) is 3.95. The molecule has 0 rings (SSSR count). The summed E-state index contributed by atoms with van der Waals surface area (Å²) in [4.78, 5) is 0. The summed E-state index contributed by atoms with van der Waals surface area (Å²) < 4.78 is 77.3. The normalized spacial score (nSPS) is 17.8. The first kappa shape index (κ1) is 19.3. The van der Waals surface area contributed by atoms with Crippen molar-refractivity contribution in [1.29, 1.82) is 0 Å². The molecule has 1 N–H and O–H groups in total. The van der Waals surface area contributed by atoms with E-state index in [0.717, 1.165) is 13.8 Å². The summed E-state index contributed by atoms with van der Waals surface area (Å²) in [5.41, 5.74) is -8.16. The van der Waals surface area contributed by atoms with E-state index < -0.39 is 35.2 Å². The minimum Gasteiger partial charge on any atom is -0.373 e. The van der Waals surface area contributed by atoms with E-state index in [1.54, 1.807) is 6.92 Å². The fourth-order valence-corrected chi connectivity index (χ4v) is 2.41. The minimum atomic E-state index is -5.81. The van der Waals surface area contributed by atoms with E-state index in [2.05, 4.69) is 6.58 Å². The summed E-state index contributed by atoms with van der Waals surface area (Å²) in [5.74, 6) is 0. The summed E-state index contributed by atoms with van der Waals surface area (Å²) in [6, 6.07) is 0. The van der Waals surface area contributed by atoms with Gasteiger partial charge in [-0.2, -0.15) is 26.3 Å². The van der Waals surface area contributed by atoms with Crippen molar-refractivity contribution in [3.05, 3.63) is 12.7 Å². The lowest BCUT2D eigenvalue weighted by molar-refractivity contribution is -0.401. The first-order valence-electron chi connectivity index (χ1n) is 6.07. The smallest absolute Gasteiger partial charge is 0.373 e.